The third-order valence-corrected chi connectivity index (χ3v) is 5.33. The lowest BCUT2D eigenvalue weighted by Crippen LogP contribution is -2.52. The predicted molar refractivity (Wildman–Crippen MR) is 78.0 cm³/mol. The summed E-state index contributed by atoms with van der Waals surface area (Å²) in [4.78, 5) is 0. The fourth-order valence-corrected chi connectivity index (χ4v) is 3.86. The van der Waals surface area contributed by atoms with E-state index in [-0.39, 0.29) is 11.1 Å². The van der Waals surface area contributed by atoms with E-state index >= 15 is 0 Å². The molecule has 1 aliphatic carbocycles. The molecule has 2 aliphatic rings. The Hall–Kier alpha value is -0.860. The normalized spacial score (nSPS) is 28.7. The van der Waals surface area contributed by atoms with Crippen molar-refractivity contribution in [3.8, 4) is 0 Å². The van der Waals surface area contributed by atoms with Gasteiger partial charge in [-0.2, -0.15) is 0 Å². The Kier molecular flexibility index (Phi) is 3.18. The molecule has 0 aromatic heterocycles. The van der Waals surface area contributed by atoms with Crippen LogP contribution in [-0.2, 0) is 10.3 Å². The molecule has 2 N–H and O–H groups in total. The van der Waals surface area contributed by atoms with Crippen molar-refractivity contribution >= 4 is 0 Å². The van der Waals surface area contributed by atoms with Crippen LogP contribution in [0, 0.1) is 12.8 Å². The highest BCUT2D eigenvalue weighted by atomic mass is 16.5. The molecular formula is C17H25NO. The molecule has 104 valence electrons. The molecule has 2 atom stereocenters. The molecule has 0 bridgehead atoms. The second-order valence-electron chi connectivity index (χ2n) is 6.67. The first-order chi connectivity index (χ1) is 9.04. The number of benzene rings is 1. The summed E-state index contributed by atoms with van der Waals surface area (Å²) < 4.78 is 6.04. The maximum absolute atomic E-state index is 6.76. The molecule has 2 fully saturated rings. The Morgan fingerprint density at radius 1 is 1.32 bits per heavy atom. The van der Waals surface area contributed by atoms with Crippen LogP contribution in [0.5, 0.6) is 0 Å². The van der Waals surface area contributed by atoms with Crippen molar-refractivity contribution in [2.75, 3.05) is 6.61 Å². The summed E-state index contributed by atoms with van der Waals surface area (Å²) in [6.07, 6.45) is 6.00. The SMILES string of the molecule is Cc1ccccc1C(C)(N)C1CCOC2(CCC2)C1. The lowest BCUT2D eigenvalue weighted by atomic mass is 9.65. The van der Waals surface area contributed by atoms with Gasteiger partial charge in [0.05, 0.1) is 5.60 Å². The fraction of sp³-hybridized carbons (Fsp3) is 0.647. The Bertz CT molecular complexity index is 462. The van der Waals surface area contributed by atoms with Gasteiger partial charge in [-0.3, -0.25) is 0 Å². The van der Waals surface area contributed by atoms with Crippen molar-refractivity contribution in [2.45, 2.75) is 57.1 Å². The number of rotatable bonds is 2. The first-order valence-electron chi connectivity index (χ1n) is 7.52. The largest absolute Gasteiger partial charge is 0.375 e. The first kappa shape index (κ1) is 13.1. The first-order valence-corrected chi connectivity index (χ1v) is 7.52. The number of aryl methyl sites for hydroxylation is 1. The van der Waals surface area contributed by atoms with E-state index in [4.69, 9.17) is 10.5 Å². The molecule has 1 saturated heterocycles. The average molecular weight is 259 g/mol. The summed E-state index contributed by atoms with van der Waals surface area (Å²) in [6.45, 7) is 5.25. The number of nitrogens with two attached hydrogens (primary N) is 1. The van der Waals surface area contributed by atoms with E-state index in [0.717, 1.165) is 19.4 Å². The van der Waals surface area contributed by atoms with E-state index in [1.807, 2.05) is 0 Å². The Morgan fingerprint density at radius 2 is 2.05 bits per heavy atom. The summed E-state index contributed by atoms with van der Waals surface area (Å²) in [6, 6.07) is 8.55. The minimum atomic E-state index is -0.238. The van der Waals surface area contributed by atoms with Crippen LogP contribution in [0.3, 0.4) is 0 Å². The zero-order valence-electron chi connectivity index (χ0n) is 12.1. The van der Waals surface area contributed by atoms with Crippen LogP contribution in [0.4, 0.5) is 0 Å². The molecule has 3 rings (SSSR count). The minimum Gasteiger partial charge on any atom is -0.375 e. The smallest absolute Gasteiger partial charge is 0.0686 e. The van der Waals surface area contributed by atoms with E-state index < -0.39 is 0 Å². The molecule has 0 amide bonds. The van der Waals surface area contributed by atoms with Gasteiger partial charge in [-0.05, 0) is 63.0 Å². The van der Waals surface area contributed by atoms with E-state index in [0.29, 0.717) is 5.92 Å². The Morgan fingerprint density at radius 3 is 2.68 bits per heavy atom. The van der Waals surface area contributed by atoms with E-state index in [1.54, 1.807) is 0 Å². The van der Waals surface area contributed by atoms with E-state index in [1.165, 1.54) is 30.4 Å². The summed E-state index contributed by atoms with van der Waals surface area (Å²) in [5.74, 6) is 0.530. The molecule has 1 aliphatic heterocycles. The molecule has 1 heterocycles. The van der Waals surface area contributed by atoms with Crippen molar-refractivity contribution in [3.63, 3.8) is 0 Å². The quantitative estimate of drug-likeness (QED) is 0.882. The summed E-state index contributed by atoms with van der Waals surface area (Å²) in [7, 11) is 0. The van der Waals surface area contributed by atoms with Gasteiger partial charge < -0.3 is 10.5 Å². The van der Waals surface area contributed by atoms with Gasteiger partial charge in [0.25, 0.3) is 0 Å². The highest BCUT2D eigenvalue weighted by molar-refractivity contribution is 5.32. The number of hydrogen-bond donors (Lipinski definition) is 1. The maximum Gasteiger partial charge on any atom is 0.0686 e. The van der Waals surface area contributed by atoms with E-state index in [2.05, 4.69) is 38.1 Å². The monoisotopic (exact) mass is 259 g/mol. The van der Waals surface area contributed by atoms with Gasteiger partial charge in [0, 0.05) is 12.1 Å². The second kappa shape index (κ2) is 4.60. The van der Waals surface area contributed by atoms with Crippen LogP contribution in [0.25, 0.3) is 0 Å². The standard InChI is InChI=1S/C17H25NO/c1-13-6-3-4-7-15(13)16(2,18)14-8-11-19-17(12-14)9-5-10-17/h3-4,6-7,14H,5,8-12,18H2,1-2H3. The third-order valence-electron chi connectivity index (χ3n) is 5.33. The van der Waals surface area contributed by atoms with Crippen molar-refractivity contribution in [3.05, 3.63) is 35.4 Å². The van der Waals surface area contributed by atoms with Crippen molar-refractivity contribution in [2.24, 2.45) is 11.7 Å². The summed E-state index contributed by atoms with van der Waals surface area (Å²) >= 11 is 0. The molecule has 1 aromatic rings. The molecule has 2 nitrogen and oxygen atoms in total. The zero-order chi connectivity index (χ0) is 13.5. The van der Waals surface area contributed by atoms with Crippen LogP contribution in [0.1, 0.15) is 50.2 Å². The Balaban J connectivity index is 1.85. The fourth-order valence-electron chi connectivity index (χ4n) is 3.86. The van der Waals surface area contributed by atoms with Crippen LogP contribution >= 0.6 is 0 Å². The van der Waals surface area contributed by atoms with Gasteiger partial charge in [0.2, 0.25) is 0 Å². The molecular weight excluding hydrogens is 234 g/mol. The summed E-state index contributed by atoms with van der Waals surface area (Å²) in [5.41, 5.74) is 9.30. The summed E-state index contributed by atoms with van der Waals surface area (Å²) in [5, 5.41) is 0. The van der Waals surface area contributed by atoms with Gasteiger partial charge in [0.1, 0.15) is 0 Å². The lowest BCUT2D eigenvalue weighted by Gasteiger charge is -2.51. The van der Waals surface area contributed by atoms with Gasteiger partial charge in [0.15, 0.2) is 0 Å². The predicted octanol–water partition coefficient (Wildman–Crippen LogP) is 3.52. The molecule has 1 aromatic carbocycles. The Labute approximate surface area is 116 Å². The zero-order valence-corrected chi connectivity index (χ0v) is 12.1. The lowest BCUT2D eigenvalue weighted by molar-refractivity contribution is -0.151. The molecule has 2 unspecified atom stereocenters. The molecule has 1 spiro atoms. The van der Waals surface area contributed by atoms with Crippen LogP contribution < -0.4 is 5.73 Å². The highest BCUT2D eigenvalue weighted by Gasteiger charge is 2.47. The van der Waals surface area contributed by atoms with Crippen molar-refractivity contribution in [1.29, 1.82) is 0 Å². The van der Waals surface area contributed by atoms with Crippen molar-refractivity contribution in [1.82, 2.24) is 0 Å². The van der Waals surface area contributed by atoms with Gasteiger partial charge in [-0.1, -0.05) is 24.3 Å². The topological polar surface area (TPSA) is 35.2 Å². The van der Waals surface area contributed by atoms with Gasteiger partial charge in [-0.25, -0.2) is 0 Å². The molecule has 19 heavy (non-hydrogen) atoms. The van der Waals surface area contributed by atoms with Crippen LogP contribution in [0.2, 0.25) is 0 Å². The second-order valence-corrected chi connectivity index (χ2v) is 6.67. The maximum atomic E-state index is 6.76. The number of hydrogen-bond acceptors (Lipinski definition) is 2. The van der Waals surface area contributed by atoms with Gasteiger partial charge in [-0.15, -0.1) is 0 Å². The minimum absolute atomic E-state index is 0.173. The van der Waals surface area contributed by atoms with Crippen molar-refractivity contribution < 1.29 is 4.74 Å². The average Bonchev–Trinajstić information content (AvgIpc) is 2.37. The van der Waals surface area contributed by atoms with E-state index in [9.17, 15) is 0 Å². The molecule has 2 heteroatoms. The van der Waals surface area contributed by atoms with Gasteiger partial charge >= 0.3 is 0 Å². The molecule has 1 saturated carbocycles. The molecule has 0 radical (unpaired) electrons. The highest BCUT2D eigenvalue weighted by Crippen LogP contribution is 2.48. The number of ether oxygens (including phenoxy) is 1. The van der Waals surface area contributed by atoms with Crippen LogP contribution in [0.15, 0.2) is 24.3 Å². The van der Waals surface area contributed by atoms with Crippen LogP contribution in [-0.4, -0.2) is 12.2 Å². The third kappa shape index (κ3) is 2.21.